The van der Waals surface area contributed by atoms with E-state index in [1.165, 1.54) is 32.1 Å². The number of amides is 3. The Hall–Kier alpha value is -1.30. The van der Waals surface area contributed by atoms with Crippen LogP contribution < -0.4 is 16.0 Å². The van der Waals surface area contributed by atoms with E-state index in [-0.39, 0.29) is 17.5 Å². The second-order valence-corrected chi connectivity index (χ2v) is 10.4. The van der Waals surface area contributed by atoms with Crippen LogP contribution in [0, 0.1) is 17.8 Å². The third kappa shape index (κ3) is 4.17. The molecule has 6 rings (SSSR count). The largest absolute Gasteiger partial charge is 0.353 e. The van der Waals surface area contributed by atoms with Gasteiger partial charge in [0, 0.05) is 43.7 Å². The van der Waals surface area contributed by atoms with Crippen LogP contribution in [-0.4, -0.2) is 54.1 Å². The molecule has 0 aromatic heterocycles. The maximum absolute atomic E-state index is 12.4. The minimum atomic E-state index is -0.0764. The van der Waals surface area contributed by atoms with Gasteiger partial charge in [-0.1, -0.05) is 0 Å². The van der Waals surface area contributed by atoms with Crippen LogP contribution >= 0.6 is 0 Å². The summed E-state index contributed by atoms with van der Waals surface area (Å²) >= 11 is 0. The fourth-order valence-corrected chi connectivity index (χ4v) is 6.99. The van der Waals surface area contributed by atoms with Crippen LogP contribution in [0.25, 0.3) is 0 Å². The summed E-state index contributed by atoms with van der Waals surface area (Å²) in [6.07, 6.45) is 12.8. The first kappa shape index (κ1) is 18.7. The van der Waals surface area contributed by atoms with E-state index in [1.807, 2.05) is 0 Å². The number of carbonyl (C=O) groups excluding carboxylic acids is 2. The molecule has 1 saturated heterocycles. The van der Waals surface area contributed by atoms with Crippen LogP contribution in [0.1, 0.15) is 70.6 Å². The van der Waals surface area contributed by atoms with E-state index in [1.54, 1.807) is 0 Å². The van der Waals surface area contributed by atoms with Gasteiger partial charge in [-0.15, -0.1) is 0 Å². The third-order valence-corrected chi connectivity index (χ3v) is 8.01. The minimum absolute atomic E-state index is 0.0383. The number of carbonyl (C=O) groups is 2. The van der Waals surface area contributed by atoms with Crippen molar-refractivity contribution in [2.75, 3.05) is 19.6 Å². The highest BCUT2D eigenvalue weighted by molar-refractivity contribution is 5.78. The molecule has 156 valence electrons. The first-order valence-electron chi connectivity index (χ1n) is 11.7. The molecule has 5 aliphatic carbocycles. The number of nitrogens with one attached hydrogen (secondary N) is 3. The lowest BCUT2D eigenvalue weighted by molar-refractivity contribution is -0.122. The average Bonchev–Trinajstić information content (AvgIpc) is 3.46. The lowest BCUT2D eigenvalue weighted by Gasteiger charge is -2.56. The summed E-state index contributed by atoms with van der Waals surface area (Å²) in [4.78, 5) is 27.2. The van der Waals surface area contributed by atoms with Crippen molar-refractivity contribution in [1.82, 2.24) is 20.9 Å². The van der Waals surface area contributed by atoms with Crippen LogP contribution in [0.4, 0.5) is 4.79 Å². The summed E-state index contributed by atoms with van der Waals surface area (Å²) < 4.78 is 0. The first-order valence-corrected chi connectivity index (χ1v) is 11.7. The predicted molar refractivity (Wildman–Crippen MR) is 108 cm³/mol. The van der Waals surface area contributed by atoms with Crippen LogP contribution in [0.5, 0.6) is 0 Å². The number of piperidine rings is 1. The monoisotopic (exact) mass is 388 g/mol. The van der Waals surface area contributed by atoms with E-state index in [4.69, 9.17) is 0 Å². The molecule has 0 radical (unpaired) electrons. The van der Waals surface area contributed by atoms with Crippen molar-refractivity contribution < 1.29 is 9.59 Å². The molecule has 0 atom stereocenters. The Morgan fingerprint density at radius 1 is 0.893 bits per heavy atom. The predicted octanol–water partition coefficient (Wildman–Crippen LogP) is 2.39. The lowest BCUT2D eigenvalue weighted by atomic mass is 9.53. The molecule has 3 amide bonds. The van der Waals surface area contributed by atoms with Crippen molar-refractivity contribution in [1.29, 1.82) is 0 Å². The Kier molecular flexibility index (Phi) is 5.02. The quantitative estimate of drug-likeness (QED) is 0.654. The SMILES string of the molecule is O=C(CCNC(=O)NC12CC3CC(CC(C3)C1)C2)NC1CCN(C2CC2)CC1. The maximum Gasteiger partial charge on any atom is 0.315 e. The summed E-state index contributed by atoms with van der Waals surface area (Å²) in [5.41, 5.74) is 0.0383. The lowest BCUT2D eigenvalue weighted by Crippen LogP contribution is -2.61. The van der Waals surface area contributed by atoms with Crippen molar-refractivity contribution in [2.45, 2.75) is 88.3 Å². The van der Waals surface area contributed by atoms with Crippen LogP contribution in [0.15, 0.2) is 0 Å². The highest BCUT2D eigenvalue weighted by atomic mass is 16.2. The van der Waals surface area contributed by atoms with E-state index in [9.17, 15) is 9.59 Å². The molecule has 0 spiro atoms. The first-order chi connectivity index (χ1) is 13.6. The molecule has 4 bridgehead atoms. The number of urea groups is 1. The smallest absolute Gasteiger partial charge is 0.315 e. The molecular formula is C22H36N4O2. The summed E-state index contributed by atoms with van der Waals surface area (Å²) in [7, 11) is 0. The molecule has 6 aliphatic rings. The Bertz CT molecular complexity index is 574. The van der Waals surface area contributed by atoms with Crippen LogP contribution in [0.2, 0.25) is 0 Å². The van der Waals surface area contributed by atoms with Gasteiger partial charge in [-0.05, 0) is 82.0 Å². The van der Waals surface area contributed by atoms with Crippen LogP contribution in [0.3, 0.4) is 0 Å². The van der Waals surface area contributed by atoms with E-state index >= 15 is 0 Å². The zero-order valence-corrected chi connectivity index (χ0v) is 17.0. The molecule has 5 saturated carbocycles. The van der Waals surface area contributed by atoms with Gasteiger partial charge in [-0.3, -0.25) is 4.79 Å². The summed E-state index contributed by atoms with van der Waals surface area (Å²) in [5.74, 6) is 2.54. The van der Waals surface area contributed by atoms with Gasteiger partial charge in [0.2, 0.25) is 5.91 Å². The van der Waals surface area contributed by atoms with E-state index < -0.39 is 0 Å². The van der Waals surface area contributed by atoms with Crippen molar-refractivity contribution in [3.05, 3.63) is 0 Å². The second kappa shape index (κ2) is 7.51. The van der Waals surface area contributed by atoms with Crippen molar-refractivity contribution in [3.8, 4) is 0 Å². The molecule has 0 unspecified atom stereocenters. The van der Waals surface area contributed by atoms with Crippen molar-refractivity contribution >= 4 is 11.9 Å². The molecule has 1 aliphatic heterocycles. The molecule has 0 aromatic carbocycles. The van der Waals surface area contributed by atoms with E-state index in [0.717, 1.165) is 69.0 Å². The maximum atomic E-state index is 12.4. The van der Waals surface area contributed by atoms with Gasteiger partial charge in [0.25, 0.3) is 0 Å². The second-order valence-electron chi connectivity index (χ2n) is 10.4. The minimum Gasteiger partial charge on any atom is -0.353 e. The number of rotatable bonds is 6. The summed E-state index contributed by atoms with van der Waals surface area (Å²) in [6.45, 7) is 2.65. The van der Waals surface area contributed by atoms with Gasteiger partial charge < -0.3 is 20.9 Å². The molecule has 6 heteroatoms. The standard InChI is InChI=1S/C22H36N4O2/c27-20(24-18-4-7-26(8-5-18)19-1-2-19)3-6-23-21(28)25-22-12-15-9-16(13-22)11-17(10-15)14-22/h15-19H,1-14H2,(H,24,27)(H2,23,25,28). The summed E-state index contributed by atoms with van der Waals surface area (Å²) in [6, 6.07) is 1.06. The number of hydrogen-bond donors (Lipinski definition) is 3. The van der Waals surface area contributed by atoms with Crippen molar-refractivity contribution in [3.63, 3.8) is 0 Å². The zero-order valence-electron chi connectivity index (χ0n) is 17.0. The Morgan fingerprint density at radius 3 is 2.07 bits per heavy atom. The number of likely N-dealkylation sites (tertiary alicyclic amines) is 1. The fraction of sp³-hybridized carbons (Fsp3) is 0.909. The average molecular weight is 389 g/mol. The van der Waals surface area contributed by atoms with Gasteiger partial charge in [0.05, 0.1) is 0 Å². The van der Waals surface area contributed by atoms with Gasteiger partial charge in [0.1, 0.15) is 0 Å². The normalized spacial score (nSPS) is 37.6. The highest BCUT2D eigenvalue weighted by Gasteiger charge is 2.51. The summed E-state index contributed by atoms with van der Waals surface area (Å²) in [5, 5.41) is 9.41. The molecule has 28 heavy (non-hydrogen) atoms. The Labute approximate surface area is 168 Å². The zero-order chi connectivity index (χ0) is 19.1. The van der Waals surface area contributed by atoms with Crippen molar-refractivity contribution in [2.24, 2.45) is 17.8 Å². The van der Waals surface area contributed by atoms with E-state index in [2.05, 4.69) is 20.9 Å². The third-order valence-electron chi connectivity index (χ3n) is 8.01. The Balaban J connectivity index is 0.999. The molecular weight excluding hydrogens is 352 g/mol. The highest BCUT2D eigenvalue weighted by Crippen LogP contribution is 2.55. The van der Waals surface area contributed by atoms with E-state index in [0.29, 0.717) is 19.0 Å². The molecule has 3 N–H and O–H groups in total. The fourth-order valence-electron chi connectivity index (χ4n) is 6.99. The molecule has 6 nitrogen and oxygen atoms in total. The number of nitrogens with zero attached hydrogens (tertiary/aromatic N) is 1. The number of hydrogen-bond acceptors (Lipinski definition) is 3. The van der Waals surface area contributed by atoms with Gasteiger partial charge in [-0.25, -0.2) is 4.79 Å². The Morgan fingerprint density at radius 2 is 1.50 bits per heavy atom. The molecule has 0 aromatic rings. The van der Waals surface area contributed by atoms with Gasteiger partial charge >= 0.3 is 6.03 Å². The van der Waals surface area contributed by atoms with Gasteiger partial charge in [-0.2, -0.15) is 0 Å². The molecule has 6 fully saturated rings. The molecule has 1 heterocycles. The topological polar surface area (TPSA) is 73.5 Å². The van der Waals surface area contributed by atoms with Gasteiger partial charge in [0.15, 0.2) is 0 Å². The van der Waals surface area contributed by atoms with Crippen LogP contribution in [-0.2, 0) is 4.79 Å².